The van der Waals surface area contributed by atoms with Crippen LogP contribution in [0.3, 0.4) is 0 Å². The van der Waals surface area contributed by atoms with E-state index in [0.717, 1.165) is 6.54 Å². The van der Waals surface area contributed by atoms with E-state index in [4.69, 9.17) is 4.74 Å². The van der Waals surface area contributed by atoms with Crippen LogP contribution >= 0.6 is 0 Å². The van der Waals surface area contributed by atoms with Crippen LogP contribution in [0.1, 0.15) is 0 Å². The molecule has 1 rings (SSSR count). The standard InChI is InChI=1S/C12H17F2N3O3/c1-16(2)4-6-20-5-3-15-12-10(13)7-9(17(18)19)8-11(12)14/h7-8,15H,3-6H2,1-2H3. The summed E-state index contributed by atoms with van der Waals surface area (Å²) in [4.78, 5) is 11.5. The van der Waals surface area contributed by atoms with Crippen molar-refractivity contribution in [2.45, 2.75) is 0 Å². The third-order valence-electron chi connectivity index (χ3n) is 2.47. The summed E-state index contributed by atoms with van der Waals surface area (Å²) in [5.74, 6) is -1.99. The van der Waals surface area contributed by atoms with Crippen LogP contribution in [-0.4, -0.2) is 50.2 Å². The number of nitro groups is 1. The number of ether oxygens (including phenoxy) is 1. The molecule has 0 heterocycles. The van der Waals surface area contributed by atoms with E-state index >= 15 is 0 Å². The minimum Gasteiger partial charge on any atom is -0.378 e. The molecular formula is C12H17F2N3O3. The lowest BCUT2D eigenvalue weighted by atomic mass is 10.2. The predicted molar refractivity (Wildman–Crippen MR) is 70.9 cm³/mol. The Labute approximate surface area is 115 Å². The van der Waals surface area contributed by atoms with Crippen LogP contribution in [0.5, 0.6) is 0 Å². The van der Waals surface area contributed by atoms with E-state index in [2.05, 4.69) is 5.32 Å². The molecule has 0 aliphatic heterocycles. The van der Waals surface area contributed by atoms with Crippen molar-refractivity contribution in [3.8, 4) is 0 Å². The first-order valence-electron chi connectivity index (χ1n) is 6.01. The molecule has 0 saturated heterocycles. The summed E-state index contributed by atoms with van der Waals surface area (Å²) >= 11 is 0. The number of non-ortho nitro benzene ring substituents is 1. The minimum atomic E-state index is -0.995. The van der Waals surface area contributed by atoms with Crippen LogP contribution < -0.4 is 5.32 Å². The Hall–Kier alpha value is -1.80. The lowest BCUT2D eigenvalue weighted by Crippen LogP contribution is -2.20. The zero-order chi connectivity index (χ0) is 15.1. The number of likely N-dealkylation sites (N-methyl/N-ethyl adjacent to an activating group) is 1. The Morgan fingerprint density at radius 2 is 1.90 bits per heavy atom. The highest BCUT2D eigenvalue weighted by atomic mass is 19.1. The molecule has 0 radical (unpaired) electrons. The van der Waals surface area contributed by atoms with Crippen LogP contribution in [-0.2, 0) is 4.74 Å². The fraction of sp³-hybridized carbons (Fsp3) is 0.500. The van der Waals surface area contributed by atoms with E-state index in [0.29, 0.717) is 18.7 Å². The highest BCUT2D eigenvalue weighted by Crippen LogP contribution is 2.24. The maximum Gasteiger partial charge on any atom is 0.275 e. The number of hydrogen-bond acceptors (Lipinski definition) is 5. The van der Waals surface area contributed by atoms with Crippen molar-refractivity contribution in [2.24, 2.45) is 0 Å². The Bertz CT molecular complexity index is 446. The van der Waals surface area contributed by atoms with Gasteiger partial charge in [-0.25, -0.2) is 8.78 Å². The highest BCUT2D eigenvalue weighted by Gasteiger charge is 2.16. The molecular weight excluding hydrogens is 272 g/mol. The van der Waals surface area contributed by atoms with E-state index in [1.54, 1.807) is 0 Å². The van der Waals surface area contributed by atoms with Gasteiger partial charge in [0.25, 0.3) is 5.69 Å². The first kappa shape index (κ1) is 16.3. The molecule has 6 nitrogen and oxygen atoms in total. The lowest BCUT2D eigenvalue weighted by Gasteiger charge is -2.11. The van der Waals surface area contributed by atoms with Crippen LogP contribution in [0.4, 0.5) is 20.2 Å². The van der Waals surface area contributed by atoms with Crippen molar-refractivity contribution in [3.63, 3.8) is 0 Å². The van der Waals surface area contributed by atoms with Crippen molar-refractivity contribution < 1.29 is 18.4 Å². The van der Waals surface area contributed by atoms with Gasteiger partial charge in [-0.1, -0.05) is 0 Å². The van der Waals surface area contributed by atoms with Gasteiger partial charge < -0.3 is 15.0 Å². The zero-order valence-electron chi connectivity index (χ0n) is 11.4. The van der Waals surface area contributed by atoms with Crippen LogP contribution in [0, 0.1) is 21.7 Å². The molecule has 0 unspecified atom stereocenters. The van der Waals surface area contributed by atoms with Gasteiger partial charge in [0.05, 0.1) is 30.3 Å². The van der Waals surface area contributed by atoms with E-state index in [1.165, 1.54) is 0 Å². The summed E-state index contributed by atoms with van der Waals surface area (Å²) in [6.07, 6.45) is 0. The Morgan fingerprint density at radius 1 is 1.30 bits per heavy atom. The van der Waals surface area contributed by atoms with Crippen molar-refractivity contribution in [1.29, 1.82) is 0 Å². The normalized spacial score (nSPS) is 10.8. The number of nitro benzene ring substituents is 1. The molecule has 0 aliphatic rings. The Balaban J connectivity index is 2.46. The molecule has 0 amide bonds. The van der Waals surface area contributed by atoms with Crippen molar-refractivity contribution in [2.75, 3.05) is 45.7 Å². The molecule has 8 heteroatoms. The quantitative estimate of drug-likeness (QED) is 0.449. The van der Waals surface area contributed by atoms with E-state index in [-0.39, 0.29) is 18.8 Å². The summed E-state index contributed by atoms with van der Waals surface area (Å²) in [7, 11) is 3.81. The average Bonchev–Trinajstić information content (AvgIpc) is 2.35. The molecule has 0 fully saturated rings. The molecule has 112 valence electrons. The van der Waals surface area contributed by atoms with E-state index < -0.39 is 22.2 Å². The van der Waals surface area contributed by atoms with Crippen molar-refractivity contribution in [1.82, 2.24) is 4.90 Å². The molecule has 0 spiro atoms. The van der Waals surface area contributed by atoms with Gasteiger partial charge >= 0.3 is 0 Å². The maximum absolute atomic E-state index is 13.5. The minimum absolute atomic E-state index is 0.207. The number of rotatable bonds is 8. The van der Waals surface area contributed by atoms with Crippen molar-refractivity contribution >= 4 is 11.4 Å². The molecule has 20 heavy (non-hydrogen) atoms. The zero-order valence-corrected chi connectivity index (χ0v) is 11.4. The van der Waals surface area contributed by atoms with E-state index in [9.17, 15) is 18.9 Å². The third-order valence-corrected chi connectivity index (χ3v) is 2.47. The van der Waals surface area contributed by atoms with Crippen molar-refractivity contribution in [3.05, 3.63) is 33.9 Å². The van der Waals surface area contributed by atoms with Crippen LogP contribution in [0.15, 0.2) is 12.1 Å². The fourth-order valence-electron chi connectivity index (χ4n) is 1.43. The van der Waals surface area contributed by atoms with Gasteiger partial charge in [0.15, 0.2) is 11.6 Å². The van der Waals surface area contributed by atoms with Crippen LogP contribution in [0.2, 0.25) is 0 Å². The molecule has 1 aromatic carbocycles. The number of nitrogens with zero attached hydrogens (tertiary/aromatic N) is 2. The topological polar surface area (TPSA) is 67.6 Å². The molecule has 1 N–H and O–H groups in total. The summed E-state index contributed by atoms with van der Waals surface area (Å²) < 4.78 is 32.2. The van der Waals surface area contributed by atoms with Gasteiger partial charge in [-0.3, -0.25) is 10.1 Å². The molecule has 0 aromatic heterocycles. The van der Waals surface area contributed by atoms with Gasteiger partial charge in [-0.2, -0.15) is 0 Å². The Kier molecular flexibility index (Phi) is 6.26. The second kappa shape index (κ2) is 7.71. The van der Waals surface area contributed by atoms with Gasteiger partial charge in [-0.15, -0.1) is 0 Å². The average molecular weight is 289 g/mol. The lowest BCUT2D eigenvalue weighted by molar-refractivity contribution is -0.385. The molecule has 0 bridgehead atoms. The highest BCUT2D eigenvalue weighted by molar-refractivity contribution is 5.51. The van der Waals surface area contributed by atoms with Gasteiger partial charge in [-0.05, 0) is 14.1 Å². The molecule has 0 aliphatic carbocycles. The molecule has 0 saturated carbocycles. The largest absolute Gasteiger partial charge is 0.378 e. The van der Waals surface area contributed by atoms with E-state index in [1.807, 2.05) is 19.0 Å². The number of nitrogens with one attached hydrogen (secondary N) is 1. The fourth-order valence-corrected chi connectivity index (χ4v) is 1.43. The predicted octanol–water partition coefficient (Wildman–Crippen LogP) is 1.86. The van der Waals surface area contributed by atoms with Gasteiger partial charge in [0.2, 0.25) is 0 Å². The SMILES string of the molecule is CN(C)CCOCCNc1c(F)cc([N+](=O)[O-])cc1F. The monoisotopic (exact) mass is 289 g/mol. The third kappa shape index (κ3) is 5.06. The second-order valence-corrected chi connectivity index (χ2v) is 4.38. The first-order valence-corrected chi connectivity index (χ1v) is 6.01. The number of anilines is 1. The summed E-state index contributed by atoms with van der Waals surface area (Å²) in [6, 6.07) is 1.36. The smallest absolute Gasteiger partial charge is 0.275 e. The van der Waals surface area contributed by atoms with Crippen LogP contribution in [0.25, 0.3) is 0 Å². The Morgan fingerprint density at radius 3 is 2.40 bits per heavy atom. The number of benzene rings is 1. The second-order valence-electron chi connectivity index (χ2n) is 4.38. The number of halogens is 2. The summed E-state index contributed by atoms with van der Waals surface area (Å²) in [5.41, 5.74) is -1.00. The first-order chi connectivity index (χ1) is 9.41. The summed E-state index contributed by atoms with van der Waals surface area (Å²) in [6.45, 7) is 1.75. The van der Waals surface area contributed by atoms with Gasteiger partial charge in [0.1, 0.15) is 5.69 Å². The number of hydrogen-bond donors (Lipinski definition) is 1. The summed E-state index contributed by atoms with van der Waals surface area (Å²) in [5, 5.41) is 13.0. The molecule has 0 atom stereocenters. The maximum atomic E-state index is 13.5. The molecule has 1 aromatic rings. The van der Waals surface area contributed by atoms with Gasteiger partial charge in [0, 0.05) is 13.1 Å².